The monoisotopic (exact) mass is 473 g/mol. The van der Waals surface area contributed by atoms with Gasteiger partial charge >= 0.3 is 0 Å². The molecule has 0 aliphatic carbocycles. The highest BCUT2D eigenvalue weighted by atomic mass is 127. The van der Waals surface area contributed by atoms with Crippen molar-refractivity contribution in [2.75, 3.05) is 26.7 Å². The van der Waals surface area contributed by atoms with Crippen LogP contribution in [0.2, 0.25) is 0 Å². The van der Waals surface area contributed by atoms with Crippen LogP contribution in [-0.2, 0) is 5.41 Å². The first kappa shape index (κ1) is 21.9. The third kappa shape index (κ3) is 6.60. The average Bonchev–Trinajstić information content (AvgIpc) is 3.14. The maximum atomic E-state index is 9.65. The van der Waals surface area contributed by atoms with Gasteiger partial charge in [-0.2, -0.15) is 0 Å². The van der Waals surface area contributed by atoms with Gasteiger partial charge in [0.15, 0.2) is 5.96 Å². The summed E-state index contributed by atoms with van der Waals surface area (Å²) < 4.78 is 0. The fourth-order valence-electron chi connectivity index (χ4n) is 2.51. The Balaban J connectivity index is 0.00000312. The van der Waals surface area contributed by atoms with Gasteiger partial charge in [0.05, 0.1) is 6.61 Å². The van der Waals surface area contributed by atoms with E-state index in [1.54, 1.807) is 18.4 Å². The fraction of sp³-hybridized carbons (Fsp3) is 0.421. The number of nitrogens with zero attached hydrogens (tertiary/aromatic N) is 1. The summed E-state index contributed by atoms with van der Waals surface area (Å²) in [5.74, 6) is 0.809. The molecule has 1 unspecified atom stereocenters. The van der Waals surface area contributed by atoms with Crippen molar-refractivity contribution in [3.05, 3.63) is 58.3 Å². The van der Waals surface area contributed by atoms with Crippen molar-refractivity contribution in [1.82, 2.24) is 10.6 Å². The summed E-state index contributed by atoms with van der Waals surface area (Å²) in [4.78, 5) is 5.64. The Hall–Kier alpha value is -1.12. The molecule has 0 aliphatic heterocycles. The van der Waals surface area contributed by atoms with Crippen LogP contribution in [0, 0.1) is 0 Å². The number of hydrogen-bond acceptors (Lipinski definition) is 3. The third-order valence-corrected chi connectivity index (χ3v) is 5.35. The number of benzene rings is 1. The molecule has 1 aromatic carbocycles. The molecule has 1 aromatic heterocycles. The minimum atomic E-state index is 0. The van der Waals surface area contributed by atoms with E-state index < -0.39 is 0 Å². The van der Waals surface area contributed by atoms with Gasteiger partial charge in [-0.25, -0.2) is 0 Å². The number of thiophene rings is 1. The Morgan fingerprint density at radius 1 is 1.16 bits per heavy atom. The van der Waals surface area contributed by atoms with E-state index in [-0.39, 0.29) is 41.9 Å². The number of hydrogen-bond donors (Lipinski definition) is 3. The number of nitrogens with one attached hydrogen (secondary N) is 2. The minimum Gasteiger partial charge on any atom is -0.396 e. The Morgan fingerprint density at radius 3 is 2.44 bits per heavy atom. The molecule has 0 amide bonds. The quantitative estimate of drug-likeness (QED) is 0.327. The molecule has 6 heteroatoms. The van der Waals surface area contributed by atoms with Gasteiger partial charge in [0, 0.05) is 36.3 Å². The highest BCUT2D eigenvalue weighted by Gasteiger charge is 2.22. The zero-order valence-electron chi connectivity index (χ0n) is 15.0. The first-order valence-corrected chi connectivity index (χ1v) is 9.09. The van der Waals surface area contributed by atoms with Gasteiger partial charge in [-0.3, -0.25) is 4.99 Å². The van der Waals surface area contributed by atoms with E-state index >= 15 is 0 Å². The number of aliphatic hydroxyl groups excluding tert-OH is 1. The van der Waals surface area contributed by atoms with Crippen LogP contribution in [0.5, 0.6) is 0 Å². The standard InChI is InChI=1S/C19H27N3OS.HI/c1-19(2,17-10-7-11-24-17)14-22-18(20-3)21-12-16(13-23)15-8-5-4-6-9-15;/h4-11,16,23H,12-14H2,1-3H3,(H2,20,21,22);1H. The SMILES string of the molecule is CN=C(NCC(CO)c1ccccc1)NCC(C)(C)c1cccs1.I. The molecule has 1 atom stereocenters. The lowest BCUT2D eigenvalue weighted by Gasteiger charge is -2.25. The van der Waals surface area contributed by atoms with Gasteiger partial charge in [-0.1, -0.05) is 50.2 Å². The largest absolute Gasteiger partial charge is 0.396 e. The highest BCUT2D eigenvalue weighted by Crippen LogP contribution is 2.26. The zero-order chi connectivity index (χ0) is 17.4. The Labute approximate surface area is 171 Å². The molecular weight excluding hydrogens is 445 g/mol. The van der Waals surface area contributed by atoms with E-state index in [9.17, 15) is 5.11 Å². The van der Waals surface area contributed by atoms with Gasteiger partial charge < -0.3 is 15.7 Å². The molecule has 0 bridgehead atoms. The lowest BCUT2D eigenvalue weighted by Crippen LogP contribution is -2.44. The van der Waals surface area contributed by atoms with Crippen LogP contribution in [-0.4, -0.2) is 37.8 Å². The van der Waals surface area contributed by atoms with Crippen molar-refractivity contribution >= 4 is 41.3 Å². The molecule has 0 radical (unpaired) electrons. The molecule has 0 fully saturated rings. The van der Waals surface area contributed by atoms with Gasteiger partial charge in [0.25, 0.3) is 0 Å². The zero-order valence-corrected chi connectivity index (χ0v) is 18.2. The second-order valence-electron chi connectivity index (χ2n) is 6.46. The number of halogens is 1. The van der Waals surface area contributed by atoms with Crippen LogP contribution in [0.25, 0.3) is 0 Å². The molecule has 138 valence electrons. The average molecular weight is 473 g/mol. The van der Waals surface area contributed by atoms with Crippen molar-refractivity contribution in [3.8, 4) is 0 Å². The molecule has 1 heterocycles. The van der Waals surface area contributed by atoms with Gasteiger partial charge in [0.2, 0.25) is 0 Å². The second-order valence-corrected chi connectivity index (χ2v) is 7.41. The van der Waals surface area contributed by atoms with Crippen molar-refractivity contribution in [3.63, 3.8) is 0 Å². The van der Waals surface area contributed by atoms with Crippen LogP contribution < -0.4 is 10.6 Å². The number of rotatable bonds is 7. The first-order valence-electron chi connectivity index (χ1n) is 8.21. The van der Waals surface area contributed by atoms with Crippen LogP contribution in [0.3, 0.4) is 0 Å². The van der Waals surface area contributed by atoms with Gasteiger partial charge in [0.1, 0.15) is 0 Å². The van der Waals surface area contributed by atoms with E-state index in [0.29, 0.717) is 6.54 Å². The molecule has 2 rings (SSSR count). The van der Waals surface area contributed by atoms with Gasteiger partial charge in [-0.15, -0.1) is 35.3 Å². The van der Waals surface area contributed by atoms with E-state index in [1.807, 2.05) is 30.3 Å². The predicted octanol–water partition coefficient (Wildman–Crippen LogP) is 3.58. The van der Waals surface area contributed by atoms with Crippen molar-refractivity contribution < 1.29 is 5.11 Å². The second kappa shape index (κ2) is 10.8. The molecule has 0 saturated carbocycles. The van der Waals surface area contributed by atoms with Crippen LogP contribution >= 0.6 is 35.3 Å². The van der Waals surface area contributed by atoms with Crippen LogP contribution in [0.4, 0.5) is 0 Å². The maximum Gasteiger partial charge on any atom is 0.191 e. The highest BCUT2D eigenvalue weighted by molar-refractivity contribution is 14.0. The lowest BCUT2D eigenvalue weighted by atomic mass is 9.91. The number of aliphatic imine (C=N–C) groups is 1. The van der Waals surface area contributed by atoms with E-state index in [2.05, 4.69) is 47.0 Å². The topological polar surface area (TPSA) is 56.7 Å². The molecule has 25 heavy (non-hydrogen) atoms. The fourth-order valence-corrected chi connectivity index (χ4v) is 3.36. The molecule has 0 saturated heterocycles. The van der Waals surface area contributed by atoms with Crippen molar-refractivity contribution in [1.29, 1.82) is 0 Å². The Kier molecular flexibility index (Phi) is 9.45. The molecule has 0 spiro atoms. The van der Waals surface area contributed by atoms with Gasteiger partial charge in [-0.05, 0) is 17.0 Å². The summed E-state index contributed by atoms with van der Waals surface area (Å²) in [5, 5.41) is 18.5. The summed E-state index contributed by atoms with van der Waals surface area (Å²) >= 11 is 1.77. The molecule has 4 nitrogen and oxygen atoms in total. The van der Waals surface area contributed by atoms with Crippen molar-refractivity contribution in [2.45, 2.75) is 25.2 Å². The molecule has 3 N–H and O–H groups in total. The summed E-state index contributed by atoms with van der Waals surface area (Å²) in [6.07, 6.45) is 0. The summed E-state index contributed by atoms with van der Waals surface area (Å²) in [7, 11) is 1.77. The maximum absolute atomic E-state index is 9.65. The summed E-state index contributed by atoms with van der Waals surface area (Å²) in [6.45, 7) is 5.98. The van der Waals surface area contributed by atoms with Crippen molar-refractivity contribution in [2.24, 2.45) is 4.99 Å². The van der Waals surface area contributed by atoms with Crippen LogP contribution in [0.15, 0.2) is 52.8 Å². The molecule has 2 aromatic rings. The molecule has 0 aliphatic rings. The van der Waals surface area contributed by atoms with E-state index in [1.165, 1.54) is 4.88 Å². The van der Waals surface area contributed by atoms with E-state index in [0.717, 1.165) is 18.1 Å². The molecular formula is C19H28IN3OS. The number of guanidine groups is 1. The number of aliphatic hydroxyl groups is 1. The lowest BCUT2D eigenvalue weighted by molar-refractivity contribution is 0.265. The third-order valence-electron chi connectivity index (χ3n) is 4.12. The smallest absolute Gasteiger partial charge is 0.191 e. The Morgan fingerprint density at radius 2 is 1.88 bits per heavy atom. The summed E-state index contributed by atoms with van der Waals surface area (Å²) in [5.41, 5.74) is 1.17. The first-order chi connectivity index (χ1) is 11.6. The minimum absolute atomic E-state index is 0. The van der Waals surface area contributed by atoms with Crippen LogP contribution in [0.1, 0.15) is 30.2 Å². The Bertz CT molecular complexity index is 629. The van der Waals surface area contributed by atoms with E-state index in [4.69, 9.17) is 0 Å². The normalized spacial score (nSPS) is 13.0. The predicted molar refractivity (Wildman–Crippen MR) is 118 cm³/mol. The summed E-state index contributed by atoms with van der Waals surface area (Å²) in [6, 6.07) is 14.3.